The standard InChI is InChI=1S/C53H30F6N4O/c54-52(55,56)36-22-25-37(43(30-36)53(57,58)59)35-20-23-39-38-15-7-9-17-44(38)63(46(39)28-35)45-26-21-33(34-19-24-41-40-16-8-10-18-47(40)64-48(41)29-34)27-42(45)51-61-49(31-11-3-1-4-12-31)60-50(62-51)32-13-5-2-6-14-32/h1-30H. The van der Waals surface area contributed by atoms with E-state index in [2.05, 4.69) is 0 Å². The van der Waals surface area contributed by atoms with Crippen molar-refractivity contribution in [3.8, 4) is 62.1 Å². The summed E-state index contributed by atoms with van der Waals surface area (Å²) in [6.07, 6.45) is -10.0. The summed E-state index contributed by atoms with van der Waals surface area (Å²) in [4.78, 5) is 15.1. The summed E-state index contributed by atoms with van der Waals surface area (Å²) in [7, 11) is 0. The molecule has 0 spiro atoms. The van der Waals surface area contributed by atoms with Gasteiger partial charge in [0.2, 0.25) is 0 Å². The highest BCUT2D eigenvalue weighted by Crippen LogP contribution is 2.44. The van der Waals surface area contributed by atoms with E-state index in [9.17, 15) is 26.3 Å². The lowest BCUT2D eigenvalue weighted by Gasteiger charge is -2.18. The van der Waals surface area contributed by atoms with Gasteiger partial charge in [-0.15, -0.1) is 0 Å². The topological polar surface area (TPSA) is 56.7 Å². The molecule has 0 radical (unpaired) electrons. The second kappa shape index (κ2) is 14.8. The Kier molecular flexibility index (Phi) is 8.98. The van der Waals surface area contributed by atoms with Crippen LogP contribution in [0.25, 0.3) is 106 Å². The average molecular weight is 853 g/mol. The number of rotatable bonds is 6. The number of benzene rings is 8. The van der Waals surface area contributed by atoms with E-state index in [-0.39, 0.29) is 17.2 Å². The van der Waals surface area contributed by atoms with Crippen molar-refractivity contribution in [1.82, 2.24) is 19.5 Å². The molecule has 11 rings (SSSR count). The number of hydrogen-bond acceptors (Lipinski definition) is 4. The molecule has 0 aliphatic carbocycles. The predicted octanol–water partition coefficient (Wildman–Crippen LogP) is 15.2. The minimum absolute atomic E-state index is 0.0906. The first-order chi connectivity index (χ1) is 31.0. The molecule has 0 aliphatic heterocycles. The molecule has 3 heterocycles. The number of halogens is 6. The van der Waals surface area contributed by atoms with Crippen LogP contribution in [0.15, 0.2) is 186 Å². The molecule has 3 aromatic heterocycles. The summed E-state index contributed by atoms with van der Waals surface area (Å²) in [6.45, 7) is 0. The maximum absolute atomic E-state index is 14.6. The Bertz CT molecular complexity index is 3540. The van der Waals surface area contributed by atoms with Gasteiger partial charge in [0.15, 0.2) is 17.5 Å². The maximum Gasteiger partial charge on any atom is 0.417 e. The number of para-hydroxylation sites is 2. The highest BCUT2D eigenvalue weighted by atomic mass is 19.4. The van der Waals surface area contributed by atoms with Gasteiger partial charge in [-0.05, 0) is 76.9 Å². The van der Waals surface area contributed by atoms with Crippen molar-refractivity contribution in [2.24, 2.45) is 0 Å². The van der Waals surface area contributed by atoms with E-state index in [0.29, 0.717) is 45.9 Å². The molecule has 0 unspecified atom stereocenters. The first kappa shape index (κ1) is 38.8. The molecule has 0 saturated heterocycles. The monoisotopic (exact) mass is 852 g/mol. The smallest absolute Gasteiger partial charge is 0.417 e. The zero-order valence-electron chi connectivity index (χ0n) is 33.3. The van der Waals surface area contributed by atoms with Crippen LogP contribution in [-0.2, 0) is 12.4 Å². The van der Waals surface area contributed by atoms with Crippen molar-refractivity contribution >= 4 is 43.7 Å². The van der Waals surface area contributed by atoms with Gasteiger partial charge in [-0.3, -0.25) is 0 Å². The van der Waals surface area contributed by atoms with Crippen molar-refractivity contribution in [2.75, 3.05) is 0 Å². The summed E-state index contributed by atoms with van der Waals surface area (Å²) in [5, 5.41) is 3.49. The summed E-state index contributed by atoms with van der Waals surface area (Å²) < 4.78 is 93.2. The Hall–Kier alpha value is -8.05. The van der Waals surface area contributed by atoms with Gasteiger partial charge in [0.05, 0.1) is 27.8 Å². The Labute approximate surface area is 360 Å². The fourth-order valence-corrected chi connectivity index (χ4v) is 8.53. The molecule has 11 heteroatoms. The average Bonchev–Trinajstić information content (AvgIpc) is 3.86. The number of nitrogens with zero attached hydrogens (tertiary/aromatic N) is 4. The Morgan fingerprint density at radius 1 is 0.375 bits per heavy atom. The third-order valence-electron chi connectivity index (χ3n) is 11.5. The van der Waals surface area contributed by atoms with Crippen LogP contribution in [0.5, 0.6) is 0 Å². The fraction of sp³-hybridized carbons (Fsp3) is 0.0377. The van der Waals surface area contributed by atoms with Crippen molar-refractivity contribution in [2.45, 2.75) is 12.4 Å². The van der Waals surface area contributed by atoms with E-state index in [1.165, 1.54) is 6.07 Å². The summed E-state index contributed by atoms with van der Waals surface area (Å²) in [5.41, 5.74) is 4.03. The van der Waals surface area contributed by atoms with Gasteiger partial charge in [-0.1, -0.05) is 127 Å². The van der Waals surface area contributed by atoms with E-state index in [4.69, 9.17) is 19.4 Å². The first-order valence-corrected chi connectivity index (χ1v) is 20.2. The van der Waals surface area contributed by atoms with Crippen LogP contribution in [0.2, 0.25) is 0 Å². The molecule has 0 saturated carbocycles. The molecule has 0 amide bonds. The van der Waals surface area contributed by atoms with E-state index in [1.54, 1.807) is 12.1 Å². The molecule has 0 aliphatic rings. The summed E-state index contributed by atoms with van der Waals surface area (Å²) >= 11 is 0. The zero-order chi connectivity index (χ0) is 43.7. The van der Waals surface area contributed by atoms with E-state index in [1.807, 2.05) is 150 Å². The van der Waals surface area contributed by atoms with Gasteiger partial charge in [-0.2, -0.15) is 26.3 Å². The fourth-order valence-electron chi connectivity index (χ4n) is 8.53. The van der Waals surface area contributed by atoms with E-state index < -0.39 is 23.5 Å². The van der Waals surface area contributed by atoms with E-state index in [0.717, 1.165) is 61.0 Å². The molecule has 64 heavy (non-hydrogen) atoms. The molecule has 5 nitrogen and oxygen atoms in total. The molecule has 11 aromatic rings. The van der Waals surface area contributed by atoms with Gasteiger partial charge in [0, 0.05) is 38.2 Å². The van der Waals surface area contributed by atoms with Gasteiger partial charge < -0.3 is 8.98 Å². The third kappa shape index (κ3) is 6.73. The molecule has 0 N–H and O–H groups in total. The third-order valence-corrected chi connectivity index (χ3v) is 11.5. The minimum Gasteiger partial charge on any atom is -0.456 e. The Morgan fingerprint density at radius 3 is 1.64 bits per heavy atom. The van der Waals surface area contributed by atoms with Crippen LogP contribution in [0.1, 0.15) is 11.1 Å². The van der Waals surface area contributed by atoms with Gasteiger partial charge in [-0.25, -0.2) is 15.0 Å². The van der Waals surface area contributed by atoms with Gasteiger partial charge in [0.25, 0.3) is 0 Å². The number of furan rings is 1. The summed E-state index contributed by atoms with van der Waals surface area (Å²) in [6, 6.07) is 53.0. The second-order valence-corrected chi connectivity index (χ2v) is 15.4. The van der Waals surface area contributed by atoms with Crippen LogP contribution in [0.4, 0.5) is 26.3 Å². The molecule has 8 aromatic carbocycles. The largest absolute Gasteiger partial charge is 0.456 e. The molecule has 310 valence electrons. The van der Waals surface area contributed by atoms with Crippen LogP contribution in [0, 0.1) is 0 Å². The van der Waals surface area contributed by atoms with E-state index >= 15 is 0 Å². The quantitative estimate of drug-likeness (QED) is 0.156. The molecule has 0 atom stereocenters. The predicted molar refractivity (Wildman–Crippen MR) is 239 cm³/mol. The van der Waals surface area contributed by atoms with Crippen molar-refractivity contribution in [3.63, 3.8) is 0 Å². The first-order valence-electron chi connectivity index (χ1n) is 20.2. The number of aromatic nitrogens is 4. The zero-order valence-corrected chi connectivity index (χ0v) is 33.3. The normalized spacial score (nSPS) is 12.2. The van der Waals surface area contributed by atoms with Crippen molar-refractivity contribution in [1.29, 1.82) is 0 Å². The lowest BCUT2D eigenvalue weighted by atomic mass is 9.96. The van der Waals surface area contributed by atoms with Crippen LogP contribution >= 0.6 is 0 Å². The molecular formula is C53H30F6N4O. The lowest BCUT2D eigenvalue weighted by molar-refractivity contribution is -0.142. The van der Waals surface area contributed by atoms with Crippen molar-refractivity contribution < 1.29 is 30.8 Å². The summed E-state index contributed by atoms with van der Waals surface area (Å²) in [5.74, 6) is 1.19. The Balaban J connectivity index is 1.19. The number of fused-ring (bicyclic) bond motifs is 6. The van der Waals surface area contributed by atoms with Crippen LogP contribution in [-0.4, -0.2) is 19.5 Å². The highest BCUT2D eigenvalue weighted by Gasteiger charge is 2.38. The maximum atomic E-state index is 14.6. The van der Waals surface area contributed by atoms with Crippen molar-refractivity contribution in [3.05, 3.63) is 193 Å². The molecule has 0 bridgehead atoms. The highest BCUT2D eigenvalue weighted by molar-refractivity contribution is 6.11. The Morgan fingerprint density at radius 2 is 0.938 bits per heavy atom. The SMILES string of the molecule is FC(F)(F)c1ccc(-c2ccc3c4ccccc4n(-c4ccc(-c5ccc6c(c5)oc5ccccc56)cc4-c4nc(-c5ccccc5)nc(-c5ccccc5)n4)c3c2)c(C(F)(F)F)c1. The van der Waals surface area contributed by atoms with Gasteiger partial charge in [0.1, 0.15) is 11.2 Å². The lowest BCUT2D eigenvalue weighted by Crippen LogP contribution is -2.12. The van der Waals surface area contributed by atoms with Gasteiger partial charge >= 0.3 is 12.4 Å². The van der Waals surface area contributed by atoms with Crippen LogP contribution in [0.3, 0.4) is 0 Å². The molecule has 0 fully saturated rings. The minimum atomic E-state index is -5.07. The number of hydrogen-bond donors (Lipinski definition) is 0. The number of alkyl halides is 6. The second-order valence-electron chi connectivity index (χ2n) is 15.4. The molecular weight excluding hydrogens is 823 g/mol. The van der Waals surface area contributed by atoms with Crippen LogP contribution < -0.4 is 0 Å².